The van der Waals surface area contributed by atoms with E-state index in [2.05, 4.69) is 299 Å². The second kappa shape index (κ2) is 21.1. The fraction of sp³-hybridized carbons (Fsp3) is 0. The third-order valence-electron chi connectivity index (χ3n) is 18.8. The Morgan fingerprint density at radius 1 is 0.315 bits per heavy atom. The van der Waals surface area contributed by atoms with E-state index in [0.29, 0.717) is 5.69 Å². The quantitative estimate of drug-likeness (QED) is 0.134. The van der Waals surface area contributed by atoms with Crippen LogP contribution in [-0.4, -0.2) is 18.0 Å². The maximum absolute atomic E-state index is 9.69. The summed E-state index contributed by atoms with van der Waals surface area (Å²) in [7, 11) is 0. The van der Waals surface area contributed by atoms with Crippen LogP contribution in [-0.2, 0) is 0 Å². The van der Waals surface area contributed by atoms with Gasteiger partial charge in [-0.15, -0.1) is 0 Å². The van der Waals surface area contributed by atoms with Gasteiger partial charge in [0.2, 0.25) is 6.71 Å². The second-order valence-corrected chi connectivity index (χ2v) is 24.8. The molecule has 0 amide bonds. The van der Waals surface area contributed by atoms with Gasteiger partial charge in [0.05, 0.1) is 33.4 Å². The molecule has 5 heterocycles. The molecule has 0 aliphatic carbocycles. The van der Waals surface area contributed by atoms with Crippen molar-refractivity contribution in [3.05, 3.63) is 333 Å². The molecule has 15 aromatic rings. The summed E-state index contributed by atoms with van der Waals surface area (Å²) in [5.41, 5.74) is 23.0. The Bertz CT molecular complexity index is 5740. The summed E-state index contributed by atoms with van der Waals surface area (Å²) < 4.78 is 76.1. The number of hydrogen-bond donors (Lipinski definition) is 0. The zero-order chi connectivity index (χ0) is 67.3. The van der Waals surface area contributed by atoms with E-state index in [9.17, 15) is 5.48 Å². The number of benzene rings is 14. The van der Waals surface area contributed by atoms with E-state index in [1.54, 1.807) is 16.3 Å². The molecule has 0 atom stereocenters. The molecule has 92 heavy (non-hydrogen) atoms. The third kappa shape index (κ3) is 8.03. The van der Waals surface area contributed by atoms with Gasteiger partial charge in [0.15, 0.2) is 0 Å². The first-order valence-electron chi connectivity index (χ1n) is 35.1. The van der Waals surface area contributed by atoms with E-state index < -0.39 is 24.2 Å². The van der Waals surface area contributed by atoms with Crippen LogP contribution in [0.25, 0.3) is 49.7 Å². The molecule has 19 rings (SSSR count). The van der Waals surface area contributed by atoms with Crippen molar-refractivity contribution in [2.75, 3.05) is 19.6 Å². The molecule has 0 fully saturated rings. The van der Waals surface area contributed by atoms with Crippen LogP contribution in [0.1, 0.15) is 11.0 Å². The highest BCUT2D eigenvalue weighted by atomic mass is 32.2. The predicted octanol–water partition coefficient (Wildman–Crippen LogP) is 18.4. The minimum Gasteiger partial charge on any atom is -0.311 e. The van der Waals surface area contributed by atoms with Crippen molar-refractivity contribution in [1.29, 1.82) is 0 Å². The zero-order valence-corrected chi connectivity index (χ0v) is 50.3. The van der Waals surface area contributed by atoms with Crippen LogP contribution in [0, 0.1) is 0 Å². The number of para-hydroxylation sites is 8. The minimum absolute atomic E-state index is 0.0244. The summed E-state index contributed by atoms with van der Waals surface area (Å²) in [5, 5.41) is 0.0487. The Morgan fingerprint density at radius 2 is 0.783 bits per heavy atom. The van der Waals surface area contributed by atoms with E-state index in [0.717, 1.165) is 133 Å². The predicted molar refractivity (Wildman–Crippen MR) is 390 cm³/mol. The first-order chi connectivity index (χ1) is 49.0. The molecule has 0 N–H and O–H groups in total. The van der Waals surface area contributed by atoms with Crippen LogP contribution in [0.15, 0.2) is 343 Å². The maximum atomic E-state index is 9.69. The molecule has 0 radical (unpaired) electrons. The van der Waals surface area contributed by atoms with E-state index >= 15 is 0 Å². The average Bonchev–Trinajstić information content (AvgIpc) is 0.754. The number of rotatable bonds is 9. The monoisotopic (exact) mass is 1200 g/mol. The molecule has 8 heteroatoms. The van der Waals surface area contributed by atoms with Gasteiger partial charge in [-0.05, 0) is 142 Å². The van der Waals surface area contributed by atoms with Crippen LogP contribution >= 0.6 is 11.8 Å². The van der Waals surface area contributed by atoms with Crippen LogP contribution in [0.5, 0.6) is 0 Å². The molecule has 0 saturated heterocycles. The van der Waals surface area contributed by atoms with Gasteiger partial charge >= 0.3 is 0 Å². The van der Waals surface area contributed by atoms with Crippen LogP contribution < -0.4 is 52.4 Å². The fourth-order valence-corrected chi connectivity index (χ4v) is 16.3. The largest absolute Gasteiger partial charge is 0.311 e. The maximum Gasteiger partial charge on any atom is 0.252 e. The first-order valence-corrected chi connectivity index (χ1v) is 31.9. The Kier molecular flexibility index (Phi) is 10.3. The van der Waals surface area contributed by atoms with Crippen LogP contribution in [0.3, 0.4) is 0 Å². The highest BCUT2D eigenvalue weighted by Gasteiger charge is 2.48. The number of anilines is 12. The van der Waals surface area contributed by atoms with Crippen molar-refractivity contribution in [2.24, 2.45) is 0 Å². The molecule has 0 bridgehead atoms. The first kappa shape index (κ1) is 44.9. The van der Waals surface area contributed by atoms with E-state index in [1.807, 2.05) is 6.07 Å². The summed E-state index contributed by atoms with van der Waals surface area (Å²) in [4.78, 5) is 11.7. The van der Waals surface area contributed by atoms with Crippen molar-refractivity contribution in [2.45, 2.75) is 9.79 Å². The lowest BCUT2D eigenvalue weighted by molar-refractivity contribution is 1.15. The molecular formula is C84H55B2N5S. The van der Waals surface area contributed by atoms with Crippen LogP contribution in [0.2, 0.25) is 0 Å². The van der Waals surface area contributed by atoms with Crippen molar-refractivity contribution in [1.82, 2.24) is 4.57 Å². The minimum atomic E-state index is -0.490. The topological polar surface area (TPSA) is 17.9 Å². The Balaban J connectivity index is 0.979. The van der Waals surface area contributed by atoms with Gasteiger partial charge < -0.3 is 24.2 Å². The fourth-order valence-electron chi connectivity index (χ4n) is 15.1. The molecule has 5 nitrogen and oxygen atoms in total. The molecule has 0 spiro atoms. The van der Waals surface area contributed by atoms with Crippen molar-refractivity contribution in [3.63, 3.8) is 0 Å². The SMILES string of the molecule is [2H]c1c([2H])c([2H])c2c(c1[2H])c1c([2H])c([2H])c([2H])c([2H])c1n2-c1cc2c3c(c1)N(c1ccccc1)c1cc4c(cc1B3c1ccccc1S2)B1c2ccccc2N(c2ccccc2)c2cc(N(c3ccccc3)c3ccccc3)cc(c21)N4c1c(-c2ccccc2)cccc1-c1ccccc1. The Hall–Kier alpha value is -11.4. The van der Waals surface area contributed by atoms with Crippen molar-refractivity contribution in [3.8, 4) is 27.9 Å². The van der Waals surface area contributed by atoms with E-state index in [-0.39, 0.29) is 59.4 Å². The lowest BCUT2D eigenvalue weighted by Crippen LogP contribution is -2.64. The molecular weight excluding hydrogens is 1130 g/mol. The van der Waals surface area contributed by atoms with Gasteiger partial charge in [-0.1, -0.05) is 248 Å². The lowest BCUT2D eigenvalue weighted by atomic mass is 9.30. The van der Waals surface area contributed by atoms with E-state index in [1.165, 1.54) is 0 Å². The second-order valence-electron chi connectivity index (χ2n) is 23.7. The van der Waals surface area contributed by atoms with Gasteiger partial charge in [-0.3, -0.25) is 0 Å². The summed E-state index contributed by atoms with van der Waals surface area (Å²) in [5.74, 6) is 0. The molecule has 4 aliphatic heterocycles. The van der Waals surface area contributed by atoms with Crippen LogP contribution in [0.4, 0.5) is 68.2 Å². The van der Waals surface area contributed by atoms with Gasteiger partial charge in [0.25, 0.3) is 6.71 Å². The zero-order valence-electron chi connectivity index (χ0n) is 57.4. The van der Waals surface area contributed by atoms with Gasteiger partial charge in [-0.25, -0.2) is 0 Å². The highest BCUT2D eigenvalue weighted by molar-refractivity contribution is 8.00. The number of aromatic nitrogens is 1. The molecule has 0 saturated carbocycles. The molecule has 0 unspecified atom stereocenters. The van der Waals surface area contributed by atoms with Gasteiger partial charge in [0, 0.05) is 94.3 Å². The summed E-state index contributed by atoms with van der Waals surface area (Å²) in [6.45, 7) is -0.684. The summed E-state index contributed by atoms with van der Waals surface area (Å²) in [6, 6.07) is 98.4. The molecule has 14 aromatic carbocycles. The number of hydrogen-bond acceptors (Lipinski definition) is 5. The Morgan fingerprint density at radius 3 is 1.38 bits per heavy atom. The van der Waals surface area contributed by atoms with Gasteiger partial charge in [-0.2, -0.15) is 0 Å². The molecule has 1 aromatic heterocycles. The van der Waals surface area contributed by atoms with Gasteiger partial charge in [0.1, 0.15) is 0 Å². The number of fused-ring (bicyclic) bond motifs is 11. The number of nitrogens with zero attached hydrogens (tertiary/aromatic N) is 5. The average molecular weight is 1200 g/mol. The smallest absolute Gasteiger partial charge is 0.252 e. The lowest BCUT2D eigenvalue weighted by Gasteiger charge is -2.47. The van der Waals surface area contributed by atoms with Crippen molar-refractivity contribution >= 4 is 148 Å². The molecule has 428 valence electrons. The normalized spacial score (nSPS) is 14.3. The molecule has 4 aliphatic rings. The summed E-state index contributed by atoms with van der Waals surface area (Å²) in [6.07, 6.45) is 0. The highest BCUT2D eigenvalue weighted by Crippen LogP contribution is 2.54. The summed E-state index contributed by atoms with van der Waals surface area (Å²) >= 11 is 1.63. The standard InChI is InChI=1S/C84H55B2N5S/c1-7-28-56(29-8-1)64-42-27-43-65(57-30-9-2-10-31-57)84(64)91-76-55-75-70(86-69-45-22-26-49-80(69)92-81-53-63(52-79(83(81)86)89(75)61-38-17-6-18-39-61)90-72-46-23-19-40-66(72)67-41-20-24-47-73(67)90)54-71(76)85-68-44-21-25-48-74(68)88(60-36-15-5-16-37-60)77-50-62(51-78(91)82(77)85)87(58-32-11-3-12-33-58)59-34-13-4-14-35-59/h1-55H/i19D,20D,23D,24D,40D,41D,46D,47D. The Labute approximate surface area is 551 Å². The van der Waals surface area contributed by atoms with Crippen molar-refractivity contribution < 1.29 is 11.0 Å². The van der Waals surface area contributed by atoms with E-state index in [4.69, 9.17) is 5.48 Å². The third-order valence-corrected chi connectivity index (χ3v) is 19.9.